The van der Waals surface area contributed by atoms with Crippen LogP contribution in [0.25, 0.3) is 0 Å². The second-order valence-corrected chi connectivity index (χ2v) is 3.67. The van der Waals surface area contributed by atoms with Gasteiger partial charge in [-0.25, -0.2) is 0 Å². The summed E-state index contributed by atoms with van der Waals surface area (Å²) in [6, 6.07) is 0.481. The zero-order valence-corrected chi connectivity index (χ0v) is 5.77. The number of hydrogen-bond donors (Lipinski definition) is 1. The van der Waals surface area contributed by atoms with Gasteiger partial charge in [-0.15, -0.1) is 0 Å². The fourth-order valence-corrected chi connectivity index (χ4v) is 1.89. The SMILES string of the molecule is CC1(C)C2CC1C(=O)N2. The largest absolute Gasteiger partial charge is 0.353 e. The van der Waals surface area contributed by atoms with Crippen molar-refractivity contribution in [2.45, 2.75) is 26.3 Å². The summed E-state index contributed by atoms with van der Waals surface area (Å²) in [6.07, 6.45) is 1.08. The smallest absolute Gasteiger partial charge is 0.224 e. The molecule has 2 heterocycles. The summed E-state index contributed by atoms with van der Waals surface area (Å²) in [5.74, 6) is 0.590. The Labute approximate surface area is 54.6 Å². The van der Waals surface area contributed by atoms with E-state index in [4.69, 9.17) is 0 Å². The number of hydrogen-bond acceptors (Lipinski definition) is 1. The van der Waals surface area contributed by atoms with E-state index in [1.807, 2.05) is 0 Å². The molecule has 2 atom stereocenters. The summed E-state index contributed by atoms with van der Waals surface area (Å²) in [7, 11) is 0. The van der Waals surface area contributed by atoms with E-state index in [-0.39, 0.29) is 11.3 Å². The third-order valence-corrected chi connectivity index (χ3v) is 2.90. The Morgan fingerprint density at radius 1 is 1.67 bits per heavy atom. The van der Waals surface area contributed by atoms with Crippen molar-refractivity contribution in [2.75, 3.05) is 0 Å². The molecule has 0 aromatic carbocycles. The van der Waals surface area contributed by atoms with Crippen LogP contribution in [0.3, 0.4) is 0 Å². The molecule has 2 bridgehead atoms. The van der Waals surface area contributed by atoms with Gasteiger partial charge in [0, 0.05) is 12.0 Å². The molecule has 1 amide bonds. The fourth-order valence-electron chi connectivity index (χ4n) is 1.89. The van der Waals surface area contributed by atoms with Crippen molar-refractivity contribution in [3.05, 3.63) is 0 Å². The van der Waals surface area contributed by atoms with E-state index in [9.17, 15) is 4.79 Å². The average Bonchev–Trinajstić information content (AvgIpc) is 2.20. The molecule has 0 spiro atoms. The molecule has 0 aromatic rings. The first-order valence-electron chi connectivity index (χ1n) is 3.43. The molecule has 1 saturated carbocycles. The highest BCUT2D eigenvalue weighted by molar-refractivity contribution is 5.85. The monoisotopic (exact) mass is 125 g/mol. The molecule has 2 heteroatoms. The quantitative estimate of drug-likeness (QED) is 0.502. The summed E-state index contributed by atoms with van der Waals surface area (Å²) < 4.78 is 0. The van der Waals surface area contributed by atoms with E-state index in [0.29, 0.717) is 12.0 Å². The molecule has 3 rings (SSSR count). The second-order valence-electron chi connectivity index (χ2n) is 3.67. The lowest BCUT2D eigenvalue weighted by Gasteiger charge is -2.40. The molecule has 0 radical (unpaired) electrons. The van der Waals surface area contributed by atoms with Crippen LogP contribution >= 0.6 is 0 Å². The number of rotatable bonds is 0. The van der Waals surface area contributed by atoms with Crippen LogP contribution in [0.2, 0.25) is 0 Å². The molecule has 2 unspecified atom stereocenters. The van der Waals surface area contributed by atoms with Crippen molar-refractivity contribution in [2.24, 2.45) is 11.3 Å². The molecule has 0 aromatic heterocycles. The van der Waals surface area contributed by atoms with Gasteiger partial charge in [-0.05, 0) is 11.8 Å². The highest BCUT2D eigenvalue weighted by Gasteiger charge is 2.58. The van der Waals surface area contributed by atoms with Crippen LogP contribution in [0.4, 0.5) is 0 Å². The third kappa shape index (κ3) is 0.406. The number of amides is 1. The van der Waals surface area contributed by atoms with Crippen molar-refractivity contribution < 1.29 is 4.79 Å². The van der Waals surface area contributed by atoms with Crippen molar-refractivity contribution in [1.82, 2.24) is 5.32 Å². The van der Waals surface area contributed by atoms with Crippen LogP contribution in [0.1, 0.15) is 20.3 Å². The maximum absolute atomic E-state index is 10.9. The van der Waals surface area contributed by atoms with Crippen molar-refractivity contribution in [3.63, 3.8) is 0 Å². The molecule has 50 valence electrons. The van der Waals surface area contributed by atoms with Gasteiger partial charge in [-0.2, -0.15) is 0 Å². The zero-order chi connectivity index (χ0) is 6.65. The van der Waals surface area contributed by atoms with Crippen LogP contribution in [-0.4, -0.2) is 11.9 Å². The van der Waals surface area contributed by atoms with E-state index in [1.165, 1.54) is 0 Å². The van der Waals surface area contributed by atoms with Gasteiger partial charge >= 0.3 is 0 Å². The molecule has 2 saturated heterocycles. The van der Waals surface area contributed by atoms with Gasteiger partial charge in [0.2, 0.25) is 5.91 Å². The lowest BCUT2D eigenvalue weighted by Crippen LogP contribution is -2.44. The van der Waals surface area contributed by atoms with Crippen molar-refractivity contribution in [3.8, 4) is 0 Å². The lowest BCUT2D eigenvalue weighted by molar-refractivity contribution is -0.123. The Kier molecular flexibility index (Phi) is 0.675. The normalized spacial score (nSPS) is 44.0. The minimum absolute atomic E-state index is 0.261. The minimum Gasteiger partial charge on any atom is -0.353 e. The highest BCUT2D eigenvalue weighted by atomic mass is 16.2. The number of nitrogens with one attached hydrogen (secondary N) is 1. The van der Waals surface area contributed by atoms with Gasteiger partial charge < -0.3 is 5.32 Å². The lowest BCUT2D eigenvalue weighted by atomic mass is 9.62. The molecule has 1 aliphatic carbocycles. The molecule has 9 heavy (non-hydrogen) atoms. The van der Waals surface area contributed by atoms with Gasteiger partial charge in [0.1, 0.15) is 0 Å². The van der Waals surface area contributed by atoms with Crippen LogP contribution in [-0.2, 0) is 4.79 Å². The average molecular weight is 125 g/mol. The van der Waals surface area contributed by atoms with Gasteiger partial charge in [0.15, 0.2) is 0 Å². The first-order chi connectivity index (χ1) is 4.12. The second kappa shape index (κ2) is 1.15. The zero-order valence-electron chi connectivity index (χ0n) is 5.77. The molecule has 1 N–H and O–H groups in total. The molecular formula is C7H11NO. The summed E-state index contributed by atoms with van der Waals surface area (Å²) in [5.41, 5.74) is 0.261. The molecule has 3 aliphatic rings. The van der Waals surface area contributed by atoms with Crippen LogP contribution in [0, 0.1) is 11.3 Å². The molecule has 2 aliphatic heterocycles. The van der Waals surface area contributed by atoms with E-state index >= 15 is 0 Å². The van der Waals surface area contributed by atoms with Gasteiger partial charge in [-0.3, -0.25) is 4.79 Å². The van der Waals surface area contributed by atoms with Crippen LogP contribution < -0.4 is 5.32 Å². The maximum Gasteiger partial charge on any atom is 0.224 e. The van der Waals surface area contributed by atoms with E-state index in [2.05, 4.69) is 19.2 Å². The minimum atomic E-state index is 0.261. The van der Waals surface area contributed by atoms with Crippen LogP contribution in [0.15, 0.2) is 0 Å². The Morgan fingerprint density at radius 2 is 2.33 bits per heavy atom. The standard InChI is InChI=1S/C7H11NO/c1-7(2)4-3-5(7)8-6(4)9/h4-5H,3H2,1-2H3,(H,8,9). The highest BCUT2D eigenvalue weighted by Crippen LogP contribution is 2.50. The van der Waals surface area contributed by atoms with Crippen LogP contribution in [0.5, 0.6) is 0 Å². The first kappa shape index (κ1) is 5.27. The van der Waals surface area contributed by atoms with Gasteiger partial charge in [0.25, 0.3) is 0 Å². The van der Waals surface area contributed by atoms with E-state index in [1.54, 1.807) is 0 Å². The van der Waals surface area contributed by atoms with E-state index < -0.39 is 0 Å². The number of fused-ring (bicyclic) bond motifs is 1. The molecule has 2 nitrogen and oxygen atoms in total. The topological polar surface area (TPSA) is 29.1 Å². The predicted octanol–water partition coefficient (Wildman–Crippen LogP) is 0.531. The van der Waals surface area contributed by atoms with Crippen molar-refractivity contribution >= 4 is 5.91 Å². The summed E-state index contributed by atoms with van der Waals surface area (Å²) in [6.45, 7) is 4.31. The van der Waals surface area contributed by atoms with E-state index in [0.717, 1.165) is 6.42 Å². The summed E-state index contributed by atoms with van der Waals surface area (Å²) >= 11 is 0. The Balaban J connectivity index is 2.31. The first-order valence-corrected chi connectivity index (χ1v) is 3.43. The van der Waals surface area contributed by atoms with Crippen molar-refractivity contribution in [1.29, 1.82) is 0 Å². The summed E-state index contributed by atoms with van der Waals surface area (Å²) in [5, 5.41) is 2.94. The number of carbonyl (C=O) groups is 1. The molecule has 3 fully saturated rings. The summed E-state index contributed by atoms with van der Waals surface area (Å²) in [4.78, 5) is 10.9. The maximum atomic E-state index is 10.9. The third-order valence-electron chi connectivity index (χ3n) is 2.90. The predicted molar refractivity (Wildman–Crippen MR) is 33.8 cm³/mol. The Hall–Kier alpha value is -0.530. The Bertz CT molecular complexity index is 174. The number of carbonyl (C=O) groups excluding carboxylic acids is 1. The Morgan fingerprint density at radius 3 is 2.44 bits per heavy atom. The van der Waals surface area contributed by atoms with Gasteiger partial charge in [0.05, 0.1) is 0 Å². The fraction of sp³-hybridized carbons (Fsp3) is 0.857. The van der Waals surface area contributed by atoms with Gasteiger partial charge in [-0.1, -0.05) is 13.8 Å². The molecular weight excluding hydrogens is 114 g/mol.